The third-order valence-electron chi connectivity index (χ3n) is 6.83. The Morgan fingerprint density at radius 2 is 0.872 bits per heavy atom. The highest BCUT2D eigenvalue weighted by molar-refractivity contribution is 5.75. The van der Waals surface area contributed by atoms with E-state index in [2.05, 4.69) is 31.2 Å². The molecular formula is C35H54O4. The summed E-state index contributed by atoms with van der Waals surface area (Å²) in [6.07, 6.45) is 38.5. The Hall–Kier alpha value is -2.88. The molecule has 0 aliphatic heterocycles. The number of methoxy groups -OCH3 is 4. The van der Waals surface area contributed by atoms with Crippen molar-refractivity contribution >= 4 is 6.08 Å². The first-order valence-electron chi connectivity index (χ1n) is 14.9. The molecular weight excluding hydrogens is 484 g/mol. The van der Waals surface area contributed by atoms with E-state index in [9.17, 15) is 0 Å². The molecule has 1 aromatic carbocycles. The molecule has 0 unspecified atom stereocenters. The van der Waals surface area contributed by atoms with Gasteiger partial charge >= 0.3 is 0 Å². The van der Waals surface area contributed by atoms with Crippen LogP contribution in [0, 0.1) is 6.92 Å². The first-order valence-corrected chi connectivity index (χ1v) is 14.9. The Bertz CT molecular complexity index is 921. The summed E-state index contributed by atoms with van der Waals surface area (Å²) in [5, 5.41) is 0. The van der Waals surface area contributed by atoms with E-state index in [-0.39, 0.29) is 0 Å². The summed E-state index contributed by atoms with van der Waals surface area (Å²) >= 11 is 0. The molecule has 4 nitrogen and oxygen atoms in total. The topological polar surface area (TPSA) is 36.9 Å². The van der Waals surface area contributed by atoms with Gasteiger partial charge in [0.15, 0.2) is 11.5 Å². The van der Waals surface area contributed by atoms with Gasteiger partial charge in [-0.15, -0.1) is 0 Å². The molecule has 4 heteroatoms. The van der Waals surface area contributed by atoms with E-state index in [0.717, 1.165) is 11.1 Å². The molecule has 0 aliphatic rings. The van der Waals surface area contributed by atoms with Gasteiger partial charge in [0.2, 0.25) is 11.5 Å². The van der Waals surface area contributed by atoms with Gasteiger partial charge in [-0.05, 0) is 19.8 Å². The van der Waals surface area contributed by atoms with Gasteiger partial charge in [0.25, 0.3) is 0 Å². The molecule has 0 aliphatic carbocycles. The van der Waals surface area contributed by atoms with Gasteiger partial charge in [0.1, 0.15) is 0 Å². The molecule has 0 aromatic heterocycles. The van der Waals surface area contributed by atoms with Gasteiger partial charge in [0, 0.05) is 11.1 Å². The minimum atomic E-state index is 0.517. The van der Waals surface area contributed by atoms with Gasteiger partial charge in [-0.1, -0.05) is 138 Å². The molecule has 1 aromatic rings. The Morgan fingerprint density at radius 3 is 1.36 bits per heavy atom. The fourth-order valence-corrected chi connectivity index (χ4v) is 4.63. The minimum absolute atomic E-state index is 0.517. The maximum Gasteiger partial charge on any atom is 0.207 e. The van der Waals surface area contributed by atoms with E-state index in [4.69, 9.17) is 18.9 Å². The second-order valence-electron chi connectivity index (χ2n) is 9.79. The Kier molecular flexibility index (Phi) is 20.2. The molecule has 0 saturated heterocycles. The predicted octanol–water partition coefficient (Wildman–Crippen LogP) is 10.4. The quantitative estimate of drug-likeness (QED) is 0.109. The van der Waals surface area contributed by atoms with Crippen LogP contribution in [0.1, 0.15) is 102 Å². The van der Waals surface area contributed by atoms with Crippen LogP contribution in [0.2, 0.25) is 0 Å². The summed E-state index contributed by atoms with van der Waals surface area (Å²) in [7, 11) is 6.43. The molecule has 0 spiro atoms. The second kappa shape index (κ2) is 23.0. The number of hydrogen-bond donors (Lipinski definition) is 0. The molecule has 0 atom stereocenters. The van der Waals surface area contributed by atoms with E-state index < -0.39 is 0 Å². The number of benzene rings is 1. The highest BCUT2D eigenvalue weighted by Crippen LogP contribution is 2.49. The van der Waals surface area contributed by atoms with Crippen molar-refractivity contribution in [2.45, 2.75) is 97.3 Å². The Balaban J connectivity index is 2.32. The van der Waals surface area contributed by atoms with Crippen molar-refractivity contribution in [3.8, 4) is 23.0 Å². The van der Waals surface area contributed by atoms with Crippen LogP contribution in [-0.2, 0) is 0 Å². The molecule has 0 saturated carbocycles. The smallest absolute Gasteiger partial charge is 0.207 e. The SMILES string of the molecule is CCCCCCCCCCCCCCC=CC=CC=CC=CC=Cc1c(C)c(OC)c(OC)c(OC)c1OC. The third kappa shape index (κ3) is 13.7. The van der Waals surface area contributed by atoms with Crippen LogP contribution in [0.5, 0.6) is 23.0 Å². The maximum absolute atomic E-state index is 5.62. The van der Waals surface area contributed by atoms with Crippen LogP contribution >= 0.6 is 0 Å². The Labute approximate surface area is 239 Å². The molecule has 0 fully saturated rings. The van der Waals surface area contributed by atoms with Crippen LogP contribution in [-0.4, -0.2) is 28.4 Å². The van der Waals surface area contributed by atoms with Gasteiger partial charge in [-0.2, -0.15) is 0 Å². The van der Waals surface area contributed by atoms with Crippen LogP contribution in [0.15, 0.2) is 54.7 Å². The highest BCUT2D eigenvalue weighted by Gasteiger charge is 2.23. The maximum atomic E-state index is 5.62. The lowest BCUT2D eigenvalue weighted by Crippen LogP contribution is -2.02. The van der Waals surface area contributed by atoms with E-state index in [0.29, 0.717) is 23.0 Å². The van der Waals surface area contributed by atoms with Crippen molar-refractivity contribution in [3.05, 3.63) is 65.8 Å². The van der Waals surface area contributed by atoms with Crippen molar-refractivity contribution in [3.63, 3.8) is 0 Å². The number of hydrogen-bond acceptors (Lipinski definition) is 4. The summed E-state index contributed by atoms with van der Waals surface area (Å²) in [5.74, 6) is 2.30. The van der Waals surface area contributed by atoms with Crippen molar-refractivity contribution < 1.29 is 18.9 Å². The monoisotopic (exact) mass is 538 g/mol. The zero-order chi connectivity index (χ0) is 28.6. The molecule has 0 radical (unpaired) electrons. The Morgan fingerprint density at radius 1 is 0.462 bits per heavy atom. The van der Waals surface area contributed by atoms with Crippen LogP contribution in [0.4, 0.5) is 0 Å². The van der Waals surface area contributed by atoms with Crippen LogP contribution < -0.4 is 18.9 Å². The third-order valence-corrected chi connectivity index (χ3v) is 6.83. The lowest BCUT2D eigenvalue weighted by molar-refractivity contribution is 0.304. The van der Waals surface area contributed by atoms with Gasteiger partial charge in [-0.3, -0.25) is 0 Å². The van der Waals surface area contributed by atoms with E-state index in [1.54, 1.807) is 28.4 Å². The molecule has 218 valence electrons. The van der Waals surface area contributed by atoms with Gasteiger partial charge < -0.3 is 18.9 Å². The normalized spacial score (nSPS) is 12.2. The molecule has 0 bridgehead atoms. The average Bonchev–Trinajstić information content (AvgIpc) is 2.95. The summed E-state index contributed by atoms with van der Waals surface area (Å²) in [6, 6.07) is 0. The number of ether oxygens (including phenoxy) is 4. The first kappa shape index (κ1) is 34.1. The molecule has 0 amide bonds. The van der Waals surface area contributed by atoms with Gasteiger partial charge in [-0.25, -0.2) is 0 Å². The number of rotatable bonds is 22. The molecule has 0 heterocycles. The van der Waals surface area contributed by atoms with Gasteiger partial charge in [0.05, 0.1) is 28.4 Å². The van der Waals surface area contributed by atoms with E-state index >= 15 is 0 Å². The van der Waals surface area contributed by atoms with Crippen molar-refractivity contribution in [1.82, 2.24) is 0 Å². The van der Waals surface area contributed by atoms with Crippen LogP contribution in [0.3, 0.4) is 0 Å². The first-order chi connectivity index (χ1) is 19.2. The number of unbranched alkanes of at least 4 members (excludes halogenated alkanes) is 12. The highest BCUT2D eigenvalue weighted by atomic mass is 16.5. The fraction of sp³-hybridized carbons (Fsp3) is 0.543. The molecule has 1 rings (SSSR count). The standard InChI is InChI=1S/C35H54O4/c1-7-8-9-10-11-12-13-14-15-16-17-18-19-20-21-22-23-24-25-26-27-28-29-31-30(2)32(36-3)34(38-5)35(39-6)33(31)37-4/h20-29H,7-19H2,1-6H3. The fourth-order valence-electron chi connectivity index (χ4n) is 4.63. The predicted molar refractivity (Wildman–Crippen MR) is 169 cm³/mol. The largest absolute Gasteiger partial charge is 0.492 e. The summed E-state index contributed by atoms with van der Waals surface area (Å²) in [6.45, 7) is 4.26. The zero-order valence-electron chi connectivity index (χ0n) is 25.6. The van der Waals surface area contributed by atoms with Crippen molar-refractivity contribution in [2.75, 3.05) is 28.4 Å². The minimum Gasteiger partial charge on any atom is -0.492 e. The zero-order valence-corrected chi connectivity index (χ0v) is 25.6. The second-order valence-corrected chi connectivity index (χ2v) is 9.79. The molecule has 0 N–H and O–H groups in total. The lowest BCUT2D eigenvalue weighted by atomic mass is 10.0. The van der Waals surface area contributed by atoms with E-state index in [1.807, 2.05) is 43.4 Å². The summed E-state index contributed by atoms with van der Waals surface area (Å²) in [4.78, 5) is 0. The van der Waals surface area contributed by atoms with Crippen LogP contribution in [0.25, 0.3) is 6.08 Å². The van der Waals surface area contributed by atoms with Crippen molar-refractivity contribution in [1.29, 1.82) is 0 Å². The summed E-state index contributed by atoms with van der Waals surface area (Å²) in [5.41, 5.74) is 1.81. The lowest BCUT2D eigenvalue weighted by Gasteiger charge is -2.20. The van der Waals surface area contributed by atoms with Crippen molar-refractivity contribution in [2.24, 2.45) is 0 Å². The van der Waals surface area contributed by atoms with E-state index in [1.165, 1.54) is 83.5 Å². The average molecular weight is 539 g/mol. The summed E-state index contributed by atoms with van der Waals surface area (Å²) < 4.78 is 22.2. The molecule has 39 heavy (non-hydrogen) atoms. The number of allylic oxidation sites excluding steroid dienone is 9.